The van der Waals surface area contributed by atoms with E-state index in [0.29, 0.717) is 17.8 Å². The zero-order valence-corrected chi connectivity index (χ0v) is 22.9. The number of nitrogens with two attached hydrogens (primary N) is 1. The number of aromatic nitrogens is 4. The molecule has 1 fully saturated rings. The lowest BCUT2D eigenvalue weighted by Crippen LogP contribution is -2.71. The van der Waals surface area contributed by atoms with E-state index in [-0.39, 0.29) is 29.0 Å². The van der Waals surface area contributed by atoms with Crippen molar-refractivity contribution in [2.24, 2.45) is 5.16 Å². The Labute approximate surface area is 236 Å². The number of amides is 3. The first kappa shape index (κ1) is 27.5. The van der Waals surface area contributed by atoms with E-state index in [1.807, 2.05) is 26.7 Å². The first-order valence-corrected chi connectivity index (χ1v) is 14.2. The largest absolute Gasteiger partial charge is 0.543 e. The van der Waals surface area contributed by atoms with Crippen LogP contribution in [0.1, 0.15) is 24.6 Å². The van der Waals surface area contributed by atoms with Gasteiger partial charge in [0, 0.05) is 28.2 Å². The van der Waals surface area contributed by atoms with Crippen LogP contribution in [-0.4, -0.2) is 72.6 Å². The van der Waals surface area contributed by atoms with E-state index in [4.69, 9.17) is 5.73 Å². The summed E-state index contributed by atoms with van der Waals surface area (Å²) in [5.41, 5.74) is 5.19. The number of carboxylic acid groups (broad SMARTS) is 1. The Balaban J connectivity index is 1.39. The van der Waals surface area contributed by atoms with Gasteiger partial charge in [-0.3, -0.25) is 19.3 Å². The minimum absolute atomic E-state index is 0.0289. The summed E-state index contributed by atoms with van der Waals surface area (Å²) in [5.74, 6) is -2.45. The number of fused-ring (bicyclic) bond motifs is 2. The highest BCUT2D eigenvalue weighted by Crippen LogP contribution is 2.40. The summed E-state index contributed by atoms with van der Waals surface area (Å²) in [7, 11) is 0. The lowest BCUT2D eigenvalue weighted by molar-refractivity contribution is -0.696. The number of carbonyl (C=O) groups excluding carboxylic acids is 4. The lowest BCUT2D eigenvalue weighted by atomic mass is 10.0. The molecule has 19 heteroatoms. The highest BCUT2D eigenvalue weighted by Gasteiger charge is 2.53. The van der Waals surface area contributed by atoms with Crippen LogP contribution in [0.25, 0.3) is 4.83 Å². The van der Waals surface area contributed by atoms with Crippen LogP contribution < -0.4 is 26.0 Å². The van der Waals surface area contributed by atoms with Crippen molar-refractivity contribution in [3.05, 3.63) is 40.7 Å². The fourth-order valence-corrected chi connectivity index (χ4v) is 7.03. The van der Waals surface area contributed by atoms with Crippen molar-refractivity contribution < 1.29 is 38.1 Å². The van der Waals surface area contributed by atoms with Gasteiger partial charge in [-0.25, -0.2) is 8.96 Å². The quantitative estimate of drug-likeness (QED) is 0.0738. The summed E-state index contributed by atoms with van der Waals surface area (Å²) >= 11 is 3.50. The molecule has 40 heavy (non-hydrogen) atoms. The number of rotatable bonds is 11. The fourth-order valence-electron chi connectivity index (χ4n) is 4.48. The van der Waals surface area contributed by atoms with E-state index < -0.39 is 47.8 Å². The Morgan fingerprint density at radius 1 is 1.48 bits per heavy atom. The number of carbonyl (C=O) groups is 4. The van der Waals surface area contributed by atoms with Gasteiger partial charge in [-0.05, 0) is 6.92 Å². The van der Waals surface area contributed by atoms with Crippen molar-refractivity contribution in [2.75, 3.05) is 18.3 Å². The van der Waals surface area contributed by atoms with Gasteiger partial charge in [0.25, 0.3) is 24.5 Å². The lowest BCUT2D eigenvalue weighted by Gasteiger charge is -2.50. The van der Waals surface area contributed by atoms with Gasteiger partial charge in [0.05, 0.1) is 11.7 Å². The van der Waals surface area contributed by atoms with Crippen molar-refractivity contribution in [3.8, 4) is 0 Å². The number of thiazole rings is 1. The predicted molar refractivity (Wildman–Crippen MR) is 138 cm³/mol. The molecule has 0 aromatic carbocycles. The highest BCUT2D eigenvalue weighted by molar-refractivity contribution is 8.00. The van der Waals surface area contributed by atoms with Crippen molar-refractivity contribution in [3.63, 3.8) is 0 Å². The molecule has 2 aliphatic rings. The minimum atomic E-state index is -1.54. The molecular weight excluding hydrogens is 589 g/mol. The van der Waals surface area contributed by atoms with Crippen LogP contribution in [-0.2, 0) is 30.6 Å². The number of carboxylic acids is 1. The Bertz CT molecular complexity index is 1570. The number of halogens is 1. The maximum absolute atomic E-state index is 13.1. The number of hydrogen-bond acceptors (Lipinski definition) is 13. The van der Waals surface area contributed by atoms with Crippen LogP contribution in [0.3, 0.4) is 0 Å². The third-order valence-electron chi connectivity index (χ3n) is 6.11. The molecule has 0 unspecified atom stereocenters. The molecule has 0 saturated carbocycles. The second-order valence-electron chi connectivity index (χ2n) is 8.47. The van der Waals surface area contributed by atoms with Crippen LogP contribution in [0.2, 0.25) is 0 Å². The first-order valence-electron chi connectivity index (χ1n) is 11.5. The summed E-state index contributed by atoms with van der Waals surface area (Å²) < 4.78 is 20.1. The van der Waals surface area contributed by atoms with E-state index in [0.717, 1.165) is 21.3 Å². The van der Waals surface area contributed by atoms with Crippen molar-refractivity contribution in [1.29, 1.82) is 0 Å². The topological polar surface area (TPSA) is 200 Å². The van der Waals surface area contributed by atoms with Gasteiger partial charge in [0.1, 0.15) is 36.4 Å². The predicted octanol–water partition coefficient (Wildman–Crippen LogP) is -1.72. The average Bonchev–Trinajstić information content (AvgIpc) is 3.63. The van der Waals surface area contributed by atoms with E-state index in [1.54, 1.807) is 6.92 Å². The molecule has 4 N–H and O–H groups in total. The highest BCUT2D eigenvalue weighted by atomic mass is 32.2. The number of imidazole rings is 1. The van der Waals surface area contributed by atoms with Gasteiger partial charge in [-0.2, -0.15) is 13.8 Å². The summed E-state index contributed by atoms with van der Waals surface area (Å²) in [6.45, 7) is 0.589. The van der Waals surface area contributed by atoms with Crippen LogP contribution >= 0.6 is 34.6 Å². The third kappa shape index (κ3) is 4.86. The Morgan fingerprint density at radius 2 is 2.27 bits per heavy atom. The zero-order chi connectivity index (χ0) is 28.6. The molecule has 3 amide bonds. The Morgan fingerprint density at radius 3 is 2.95 bits per heavy atom. The molecular formula is C21H20FN9O6S3. The molecule has 0 bridgehead atoms. The minimum Gasteiger partial charge on any atom is -0.543 e. The number of anilines is 1. The third-order valence-corrected chi connectivity index (χ3v) is 8.79. The number of nitrogens with zero attached hydrogens (tertiary/aromatic N) is 6. The van der Waals surface area contributed by atoms with Crippen LogP contribution in [0.5, 0.6) is 0 Å². The number of aliphatic carboxylic acids is 1. The normalized spacial score (nSPS) is 19.7. The molecule has 3 aromatic rings. The van der Waals surface area contributed by atoms with E-state index in [2.05, 4.69) is 30.0 Å². The number of β-lactam (4-membered cyclic amide) rings is 1. The standard InChI is InChI=1S/C21H20FN9O6S3/c1-9(24-8-32)17-29(5-11-30(17)2-3-38-11)4-10-6-39-19-13(18(34)31(19)14(10)20(35)36)25-16(33)12(27-37-7-22)15-26-21(23)40-28-15/h2-3,5,8-9,13,19H,4,6-7H2,1H3,(H4-,23,24,25,26,28,32,33,35,36)/b27-12-/t9-,13-,19-/m1/s1. The first-order chi connectivity index (χ1) is 19.2. The SMILES string of the molecule is C[C@@H](NC=O)c1n2ccsc2c[n+]1CC1=C(C(=O)[O-])N2C(=O)[C@@H](NC(=O)/C(=N\OCF)c3nsc(N)n3)[C@H]2SC1. The van der Waals surface area contributed by atoms with Gasteiger partial charge in [0.2, 0.25) is 22.8 Å². The number of oxime groups is 1. The maximum Gasteiger partial charge on any atom is 0.285 e. The number of nitrogens with one attached hydrogen (secondary N) is 2. The molecule has 15 nitrogen and oxygen atoms in total. The monoisotopic (exact) mass is 609 g/mol. The van der Waals surface area contributed by atoms with Crippen LogP contribution in [0.4, 0.5) is 9.52 Å². The Hall–Kier alpha value is -4.10. The number of hydrogen-bond donors (Lipinski definition) is 3. The molecule has 0 spiro atoms. The van der Waals surface area contributed by atoms with E-state index in [9.17, 15) is 28.7 Å². The summed E-state index contributed by atoms with van der Waals surface area (Å²) in [4.78, 5) is 59.5. The number of alkyl halides is 1. The molecule has 1 saturated heterocycles. The van der Waals surface area contributed by atoms with Gasteiger partial charge in [0.15, 0.2) is 5.13 Å². The van der Waals surface area contributed by atoms with Crippen LogP contribution in [0, 0.1) is 0 Å². The van der Waals surface area contributed by atoms with Gasteiger partial charge in [-0.1, -0.05) is 16.5 Å². The van der Waals surface area contributed by atoms with Crippen molar-refractivity contribution >= 4 is 74.5 Å². The summed E-state index contributed by atoms with van der Waals surface area (Å²) in [6, 6.07) is -1.50. The van der Waals surface area contributed by atoms with Crippen molar-refractivity contribution in [1.82, 2.24) is 29.3 Å². The molecule has 3 aromatic heterocycles. The molecule has 3 atom stereocenters. The van der Waals surface area contributed by atoms with E-state index >= 15 is 0 Å². The van der Waals surface area contributed by atoms with Gasteiger partial charge < -0.3 is 31.1 Å². The van der Waals surface area contributed by atoms with Crippen LogP contribution in [0.15, 0.2) is 34.2 Å². The molecule has 0 radical (unpaired) electrons. The molecule has 210 valence electrons. The average molecular weight is 610 g/mol. The molecule has 5 rings (SSSR count). The summed E-state index contributed by atoms with van der Waals surface area (Å²) in [6.07, 6.45) is 4.26. The maximum atomic E-state index is 13.1. The fraction of sp³-hybridized carbons (Fsp3) is 0.333. The number of nitrogen functional groups attached to an aromatic ring is 1. The zero-order valence-electron chi connectivity index (χ0n) is 20.5. The smallest absolute Gasteiger partial charge is 0.285 e. The van der Waals surface area contributed by atoms with E-state index in [1.165, 1.54) is 23.1 Å². The summed E-state index contributed by atoms with van der Waals surface area (Å²) in [5, 5.41) is 22.0. The molecule has 5 heterocycles. The molecule has 2 aliphatic heterocycles. The van der Waals surface area contributed by atoms with Gasteiger partial charge in [-0.15, -0.1) is 11.8 Å². The second kappa shape index (κ2) is 11.2. The second-order valence-corrected chi connectivity index (χ2v) is 11.3. The Kier molecular flexibility index (Phi) is 7.68. The van der Waals surface area contributed by atoms with Crippen molar-refractivity contribution in [2.45, 2.75) is 30.9 Å². The van der Waals surface area contributed by atoms with Gasteiger partial charge >= 0.3 is 0 Å². The molecule has 0 aliphatic carbocycles. The number of thioether (sulfide) groups is 1.